The molecule has 0 atom stereocenters. The predicted molar refractivity (Wildman–Crippen MR) is 54.2 cm³/mol. The molecular formula is C10H13NS. The van der Waals surface area contributed by atoms with Crippen LogP contribution in [0.3, 0.4) is 0 Å². The molecule has 0 aliphatic rings. The molecule has 1 aromatic rings. The SMILES string of the molecule is C#CCN(C)Cc1sccc1C. The van der Waals surface area contributed by atoms with Crippen molar-refractivity contribution in [3.8, 4) is 12.3 Å². The molecule has 0 bridgehead atoms. The molecule has 1 nitrogen and oxygen atoms in total. The Hall–Kier alpha value is -0.780. The first-order chi connectivity index (χ1) is 5.74. The highest BCUT2D eigenvalue weighted by Crippen LogP contribution is 2.16. The van der Waals surface area contributed by atoms with Crippen molar-refractivity contribution in [1.82, 2.24) is 4.90 Å². The molecule has 0 N–H and O–H groups in total. The molecule has 1 heterocycles. The average Bonchev–Trinajstić information content (AvgIpc) is 2.37. The van der Waals surface area contributed by atoms with Gasteiger partial charge in [-0.05, 0) is 31.0 Å². The Bertz CT molecular complexity index is 282. The monoisotopic (exact) mass is 179 g/mol. The Kier molecular flexibility index (Phi) is 3.33. The molecular weight excluding hydrogens is 166 g/mol. The van der Waals surface area contributed by atoms with Gasteiger partial charge in [-0.25, -0.2) is 0 Å². The van der Waals surface area contributed by atoms with E-state index < -0.39 is 0 Å². The molecule has 0 saturated carbocycles. The molecule has 0 saturated heterocycles. The lowest BCUT2D eigenvalue weighted by atomic mass is 10.3. The van der Waals surface area contributed by atoms with Gasteiger partial charge in [-0.2, -0.15) is 0 Å². The highest BCUT2D eigenvalue weighted by atomic mass is 32.1. The van der Waals surface area contributed by atoms with Gasteiger partial charge in [-0.15, -0.1) is 17.8 Å². The summed E-state index contributed by atoms with van der Waals surface area (Å²) in [5.74, 6) is 2.63. The van der Waals surface area contributed by atoms with Crippen LogP contribution in [0, 0.1) is 19.3 Å². The quantitative estimate of drug-likeness (QED) is 0.642. The van der Waals surface area contributed by atoms with Crippen molar-refractivity contribution < 1.29 is 0 Å². The minimum atomic E-state index is 0.720. The first-order valence-corrected chi connectivity index (χ1v) is 4.77. The summed E-state index contributed by atoms with van der Waals surface area (Å²) < 4.78 is 0. The van der Waals surface area contributed by atoms with Gasteiger partial charge in [0.1, 0.15) is 0 Å². The smallest absolute Gasteiger partial charge is 0.0599 e. The molecule has 12 heavy (non-hydrogen) atoms. The Balaban J connectivity index is 2.53. The fourth-order valence-corrected chi connectivity index (χ4v) is 2.01. The van der Waals surface area contributed by atoms with Crippen LogP contribution in [0.4, 0.5) is 0 Å². The van der Waals surface area contributed by atoms with Crippen molar-refractivity contribution in [1.29, 1.82) is 0 Å². The van der Waals surface area contributed by atoms with Crippen molar-refractivity contribution >= 4 is 11.3 Å². The van der Waals surface area contributed by atoms with E-state index in [9.17, 15) is 0 Å². The van der Waals surface area contributed by atoms with Gasteiger partial charge in [0, 0.05) is 11.4 Å². The maximum atomic E-state index is 5.21. The fourth-order valence-electron chi connectivity index (χ4n) is 1.02. The zero-order chi connectivity index (χ0) is 8.97. The van der Waals surface area contributed by atoms with E-state index in [4.69, 9.17) is 6.42 Å². The minimum absolute atomic E-state index is 0.720. The molecule has 2 heteroatoms. The topological polar surface area (TPSA) is 3.24 Å². The fraction of sp³-hybridized carbons (Fsp3) is 0.400. The molecule has 0 spiro atoms. The van der Waals surface area contributed by atoms with E-state index in [-0.39, 0.29) is 0 Å². The summed E-state index contributed by atoms with van der Waals surface area (Å²) in [4.78, 5) is 3.55. The zero-order valence-electron chi connectivity index (χ0n) is 7.50. The first kappa shape index (κ1) is 9.31. The minimum Gasteiger partial charge on any atom is -0.290 e. The lowest BCUT2D eigenvalue weighted by Crippen LogP contribution is -2.17. The van der Waals surface area contributed by atoms with Crippen LogP contribution in [0.5, 0.6) is 0 Å². The number of thiophene rings is 1. The second-order valence-electron chi connectivity index (χ2n) is 2.90. The van der Waals surface area contributed by atoms with Gasteiger partial charge in [0.15, 0.2) is 0 Å². The van der Waals surface area contributed by atoms with Crippen molar-refractivity contribution in [3.63, 3.8) is 0 Å². The Labute approximate surface area is 78.0 Å². The molecule has 0 radical (unpaired) electrons. The van der Waals surface area contributed by atoms with E-state index in [2.05, 4.69) is 29.2 Å². The van der Waals surface area contributed by atoms with E-state index in [1.165, 1.54) is 10.4 Å². The van der Waals surface area contributed by atoms with Gasteiger partial charge in [0.05, 0.1) is 6.54 Å². The highest BCUT2D eigenvalue weighted by molar-refractivity contribution is 7.10. The second kappa shape index (κ2) is 4.30. The van der Waals surface area contributed by atoms with Crippen LogP contribution in [0.2, 0.25) is 0 Å². The number of rotatable bonds is 3. The molecule has 0 aliphatic carbocycles. The molecule has 1 aromatic heterocycles. The number of hydrogen-bond acceptors (Lipinski definition) is 2. The van der Waals surface area contributed by atoms with Gasteiger partial charge < -0.3 is 0 Å². The summed E-state index contributed by atoms with van der Waals surface area (Å²) in [6.07, 6.45) is 5.21. The van der Waals surface area contributed by atoms with E-state index in [0.29, 0.717) is 0 Å². The Morgan fingerprint density at radius 2 is 2.42 bits per heavy atom. The maximum absolute atomic E-state index is 5.21. The molecule has 0 aromatic carbocycles. The molecule has 1 rings (SSSR count). The van der Waals surface area contributed by atoms with Gasteiger partial charge in [0.25, 0.3) is 0 Å². The summed E-state index contributed by atoms with van der Waals surface area (Å²) >= 11 is 1.79. The maximum Gasteiger partial charge on any atom is 0.0599 e. The number of terminal acetylenes is 1. The molecule has 0 unspecified atom stereocenters. The largest absolute Gasteiger partial charge is 0.290 e. The van der Waals surface area contributed by atoms with Crippen molar-refractivity contribution in [2.45, 2.75) is 13.5 Å². The summed E-state index contributed by atoms with van der Waals surface area (Å²) in [6, 6.07) is 2.14. The van der Waals surface area contributed by atoms with Gasteiger partial charge in [0.2, 0.25) is 0 Å². The third-order valence-electron chi connectivity index (χ3n) is 1.74. The predicted octanol–water partition coefficient (Wildman–Crippen LogP) is 2.12. The standard InChI is InChI=1S/C10H13NS/c1-4-6-11(3)8-10-9(2)5-7-12-10/h1,5,7H,6,8H2,2-3H3. The summed E-state index contributed by atoms with van der Waals surface area (Å²) in [6.45, 7) is 3.82. The summed E-state index contributed by atoms with van der Waals surface area (Å²) in [7, 11) is 2.04. The van der Waals surface area contributed by atoms with Crippen molar-refractivity contribution in [3.05, 3.63) is 21.9 Å². The van der Waals surface area contributed by atoms with E-state index in [0.717, 1.165) is 13.1 Å². The highest BCUT2D eigenvalue weighted by Gasteiger charge is 2.02. The third-order valence-corrected chi connectivity index (χ3v) is 2.75. The molecule has 0 amide bonds. The van der Waals surface area contributed by atoms with Crippen LogP contribution < -0.4 is 0 Å². The second-order valence-corrected chi connectivity index (χ2v) is 3.90. The van der Waals surface area contributed by atoms with Crippen LogP contribution in [0.1, 0.15) is 10.4 Å². The average molecular weight is 179 g/mol. The third kappa shape index (κ3) is 2.37. The molecule has 0 fully saturated rings. The van der Waals surface area contributed by atoms with Crippen molar-refractivity contribution in [2.75, 3.05) is 13.6 Å². The zero-order valence-corrected chi connectivity index (χ0v) is 8.32. The van der Waals surface area contributed by atoms with Crippen LogP contribution in [-0.4, -0.2) is 18.5 Å². The van der Waals surface area contributed by atoms with Crippen LogP contribution in [-0.2, 0) is 6.54 Å². The Morgan fingerprint density at radius 1 is 1.67 bits per heavy atom. The lowest BCUT2D eigenvalue weighted by molar-refractivity contribution is 0.372. The lowest BCUT2D eigenvalue weighted by Gasteiger charge is -2.11. The van der Waals surface area contributed by atoms with E-state index >= 15 is 0 Å². The van der Waals surface area contributed by atoms with Crippen LogP contribution >= 0.6 is 11.3 Å². The molecule has 64 valence electrons. The summed E-state index contributed by atoms with van der Waals surface area (Å²) in [5.41, 5.74) is 1.36. The Morgan fingerprint density at radius 3 is 2.92 bits per heavy atom. The first-order valence-electron chi connectivity index (χ1n) is 3.89. The van der Waals surface area contributed by atoms with Gasteiger partial charge in [-0.1, -0.05) is 5.92 Å². The van der Waals surface area contributed by atoms with Crippen LogP contribution in [0.15, 0.2) is 11.4 Å². The summed E-state index contributed by atoms with van der Waals surface area (Å²) in [5, 5.41) is 2.12. The van der Waals surface area contributed by atoms with E-state index in [1.54, 1.807) is 11.3 Å². The molecule has 0 aliphatic heterocycles. The number of aryl methyl sites for hydroxylation is 1. The van der Waals surface area contributed by atoms with Gasteiger partial charge in [-0.3, -0.25) is 4.90 Å². The van der Waals surface area contributed by atoms with E-state index in [1.807, 2.05) is 7.05 Å². The van der Waals surface area contributed by atoms with Crippen molar-refractivity contribution in [2.24, 2.45) is 0 Å². The van der Waals surface area contributed by atoms with Crippen LogP contribution in [0.25, 0.3) is 0 Å². The number of hydrogen-bond donors (Lipinski definition) is 0. The normalized spacial score (nSPS) is 10.2. The van der Waals surface area contributed by atoms with Gasteiger partial charge >= 0.3 is 0 Å². The number of nitrogens with zero attached hydrogens (tertiary/aromatic N) is 1.